The second kappa shape index (κ2) is 6.89. The van der Waals surface area contributed by atoms with Gasteiger partial charge in [0.2, 0.25) is 5.91 Å². The number of carboxylic acids is 1. The van der Waals surface area contributed by atoms with E-state index in [9.17, 15) is 9.59 Å². The van der Waals surface area contributed by atoms with E-state index >= 15 is 0 Å². The molecular formula is C12H21NO3S. The van der Waals surface area contributed by atoms with Gasteiger partial charge in [0.15, 0.2) is 0 Å². The molecule has 0 aliphatic heterocycles. The van der Waals surface area contributed by atoms with Crippen LogP contribution in [0.4, 0.5) is 0 Å². The zero-order valence-corrected chi connectivity index (χ0v) is 11.1. The first-order valence-electron chi connectivity index (χ1n) is 6.12. The molecule has 1 fully saturated rings. The number of carbonyl (C=O) groups is 2. The van der Waals surface area contributed by atoms with Crippen molar-refractivity contribution in [1.29, 1.82) is 0 Å². The van der Waals surface area contributed by atoms with Crippen LogP contribution in [-0.2, 0) is 9.59 Å². The van der Waals surface area contributed by atoms with Crippen LogP contribution in [0.2, 0.25) is 0 Å². The molecule has 0 aromatic carbocycles. The number of nitrogens with one attached hydrogen (secondary N) is 1. The first-order chi connectivity index (χ1) is 8.08. The van der Waals surface area contributed by atoms with Crippen LogP contribution in [0.15, 0.2) is 0 Å². The highest BCUT2D eigenvalue weighted by Gasteiger charge is 2.36. The molecule has 0 unspecified atom stereocenters. The molecule has 0 heterocycles. The van der Waals surface area contributed by atoms with Gasteiger partial charge in [-0.05, 0) is 31.9 Å². The van der Waals surface area contributed by atoms with Gasteiger partial charge in [-0.25, -0.2) is 0 Å². The Hall–Kier alpha value is -0.710. The van der Waals surface area contributed by atoms with E-state index in [1.54, 1.807) is 0 Å². The van der Waals surface area contributed by atoms with Gasteiger partial charge >= 0.3 is 5.97 Å². The van der Waals surface area contributed by atoms with Gasteiger partial charge in [0.1, 0.15) is 0 Å². The molecule has 0 aromatic heterocycles. The fourth-order valence-corrected chi connectivity index (χ4v) is 2.85. The lowest BCUT2D eigenvalue weighted by Gasteiger charge is -2.40. The highest BCUT2D eigenvalue weighted by Crippen LogP contribution is 2.42. The van der Waals surface area contributed by atoms with Crippen molar-refractivity contribution in [3.63, 3.8) is 0 Å². The fraction of sp³-hybridized carbons (Fsp3) is 0.833. The molecule has 0 aromatic rings. The number of carboxylic acid groups (broad SMARTS) is 1. The Morgan fingerprint density at radius 3 is 2.41 bits per heavy atom. The van der Waals surface area contributed by atoms with Gasteiger partial charge in [-0.1, -0.05) is 6.42 Å². The van der Waals surface area contributed by atoms with Crippen molar-refractivity contribution in [2.24, 2.45) is 0 Å². The Balaban J connectivity index is 2.07. The Kier molecular flexibility index (Phi) is 5.82. The van der Waals surface area contributed by atoms with Crippen LogP contribution >= 0.6 is 11.8 Å². The van der Waals surface area contributed by atoms with E-state index < -0.39 is 5.97 Å². The molecule has 2 N–H and O–H groups in total. The highest BCUT2D eigenvalue weighted by molar-refractivity contribution is 8.00. The molecule has 0 atom stereocenters. The standard InChI is InChI=1S/C12H21NO3S/c1-17-12(7-4-8-12)9-13-10(14)5-2-3-6-11(15)16/h2-9H2,1H3,(H,13,14)(H,15,16). The topological polar surface area (TPSA) is 66.4 Å². The largest absolute Gasteiger partial charge is 0.481 e. The summed E-state index contributed by atoms with van der Waals surface area (Å²) in [4.78, 5) is 21.8. The Morgan fingerprint density at radius 1 is 1.29 bits per heavy atom. The van der Waals surface area contributed by atoms with Crippen LogP contribution in [0.25, 0.3) is 0 Å². The summed E-state index contributed by atoms with van der Waals surface area (Å²) in [5, 5.41) is 11.4. The molecular weight excluding hydrogens is 238 g/mol. The number of thioether (sulfide) groups is 1. The Bertz CT molecular complexity index is 271. The summed E-state index contributed by atoms with van der Waals surface area (Å²) < 4.78 is 0.275. The number of hydrogen-bond donors (Lipinski definition) is 2. The van der Waals surface area contributed by atoms with Crippen molar-refractivity contribution >= 4 is 23.6 Å². The van der Waals surface area contributed by atoms with Gasteiger partial charge in [-0.2, -0.15) is 11.8 Å². The van der Waals surface area contributed by atoms with Gasteiger partial charge in [0, 0.05) is 24.1 Å². The van der Waals surface area contributed by atoms with Gasteiger partial charge in [0.05, 0.1) is 0 Å². The maximum Gasteiger partial charge on any atom is 0.303 e. The van der Waals surface area contributed by atoms with Gasteiger partial charge < -0.3 is 10.4 Å². The molecule has 1 saturated carbocycles. The predicted molar refractivity (Wildman–Crippen MR) is 69.2 cm³/mol. The fourth-order valence-electron chi connectivity index (χ4n) is 1.93. The maximum absolute atomic E-state index is 11.5. The number of rotatable bonds is 8. The minimum Gasteiger partial charge on any atom is -0.481 e. The summed E-state index contributed by atoms with van der Waals surface area (Å²) in [6.45, 7) is 0.756. The Morgan fingerprint density at radius 2 is 1.94 bits per heavy atom. The number of carbonyl (C=O) groups excluding carboxylic acids is 1. The molecule has 98 valence electrons. The van der Waals surface area contributed by atoms with Crippen molar-refractivity contribution in [3.05, 3.63) is 0 Å². The number of aliphatic carboxylic acids is 1. The molecule has 1 amide bonds. The van der Waals surface area contributed by atoms with Crippen LogP contribution in [0.5, 0.6) is 0 Å². The first kappa shape index (κ1) is 14.4. The van der Waals surface area contributed by atoms with E-state index in [1.807, 2.05) is 11.8 Å². The average molecular weight is 259 g/mol. The second-order valence-corrected chi connectivity index (χ2v) is 5.89. The molecule has 0 spiro atoms. The average Bonchev–Trinajstić information content (AvgIpc) is 2.23. The summed E-state index contributed by atoms with van der Waals surface area (Å²) in [6.07, 6.45) is 7.56. The third-order valence-electron chi connectivity index (χ3n) is 3.35. The molecule has 1 rings (SSSR count). The van der Waals surface area contributed by atoms with E-state index in [2.05, 4.69) is 11.6 Å². The van der Waals surface area contributed by atoms with Crippen molar-refractivity contribution in [2.75, 3.05) is 12.8 Å². The molecule has 0 bridgehead atoms. The molecule has 4 nitrogen and oxygen atoms in total. The summed E-state index contributed by atoms with van der Waals surface area (Å²) in [6, 6.07) is 0. The number of hydrogen-bond acceptors (Lipinski definition) is 3. The normalized spacial score (nSPS) is 17.2. The zero-order valence-electron chi connectivity index (χ0n) is 10.3. The van der Waals surface area contributed by atoms with E-state index in [-0.39, 0.29) is 17.1 Å². The third kappa shape index (κ3) is 4.98. The molecule has 1 aliphatic carbocycles. The zero-order chi connectivity index (χ0) is 12.7. The van der Waals surface area contributed by atoms with Crippen LogP contribution in [0.3, 0.4) is 0 Å². The Labute approximate surface area is 107 Å². The molecule has 0 saturated heterocycles. The summed E-state index contributed by atoms with van der Waals surface area (Å²) in [5.74, 6) is -0.739. The van der Waals surface area contributed by atoms with E-state index in [0.717, 1.165) is 6.54 Å². The number of unbranched alkanes of at least 4 members (excludes halogenated alkanes) is 1. The molecule has 0 radical (unpaired) electrons. The first-order valence-corrected chi connectivity index (χ1v) is 7.34. The lowest BCUT2D eigenvalue weighted by Crippen LogP contribution is -2.45. The lowest BCUT2D eigenvalue weighted by atomic mass is 9.84. The summed E-state index contributed by atoms with van der Waals surface area (Å²) >= 11 is 1.84. The summed E-state index contributed by atoms with van der Waals surface area (Å²) in [7, 11) is 0. The number of amides is 1. The maximum atomic E-state index is 11.5. The minimum atomic E-state index is -0.791. The molecule has 17 heavy (non-hydrogen) atoms. The third-order valence-corrected chi connectivity index (χ3v) is 4.77. The van der Waals surface area contributed by atoms with Crippen molar-refractivity contribution in [1.82, 2.24) is 5.32 Å². The molecule has 5 heteroatoms. The van der Waals surface area contributed by atoms with Crippen LogP contribution < -0.4 is 5.32 Å². The van der Waals surface area contributed by atoms with Crippen LogP contribution in [0.1, 0.15) is 44.9 Å². The van der Waals surface area contributed by atoms with Gasteiger partial charge in [-0.15, -0.1) is 0 Å². The van der Waals surface area contributed by atoms with Crippen LogP contribution in [-0.4, -0.2) is 34.5 Å². The second-order valence-electron chi connectivity index (χ2n) is 4.62. The van der Waals surface area contributed by atoms with Crippen molar-refractivity contribution < 1.29 is 14.7 Å². The van der Waals surface area contributed by atoms with E-state index in [0.29, 0.717) is 19.3 Å². The summed E-state index contributed by atoms with van der Waals surface area (Å²) in [5.41, 5.74) is 0. The van der Waals surface area contributed by atoms with Gasteiger partial charge in [0.25, 0.3) is 0 Å². The minimum absolute atomic E-state index is 0.0516. The van der Waals surface area contributed by atoms with Crippen LogP contribution in [0, 0.1) is 0 Å². The highest BCUT2D eigenvalue weighted by atomic mass is 32.2. The van der Waals surface area contributed by atoms with E-state index in [4.69, 9.17) is 5.11 Å². The molecule has 1 aliphatic rings. The quantitative estimate of drug-likeness (QED) is 0.655. The predicted octanol–water partition coefficient (Wildman–Crippen LogP) is 2.03. The monoisotopic (exact) mass is 259 g/mol. The van der Waals surface area contributed by atoms with Gasteiger partial charge in [-0.3, -0.25) is 9.59 Å². The van der Waals surface area contributed by atoms with E-state index in [1.165, 1.54) is 19.3 Å². The van der Waals surface area contributed by atoms with Crippen molar-refractivity contribution in [2.45, 2.75) is 49.7 Å². The smallest absolute Gasteiger partial charge is 0.303 e. The SMILES string of the molecule is CSC1(CNC(=O)CCCCC(=O)O)CCC1. The lowest BCUT2D eigenvalue weighted by molar-refractivity contribution is -0.137. The van der Waals surface area contributed by atoms with Crippen molar-refractivity contribution in [3.8, 4) is 0 Å².